The second kappa shape index (κ2) is 14.0. The number of fused-ring (bicyclic) bond motifs is 1. The zero-order valence-electron chi connectivity index (χ0n) is 28.7. The predicted molar refractivity (Wildman–Crippen MR) is 178 cm³/mol. The minimum atomic E-state index is -4.79. The lowest BCUT2D eigenvalue weighted by molar-refractivity contribution is -0.159. The van der Waals surface area contributed by atoms with Crippen LogP contribution in [0.25, 0.3) is 11.5 Å². The average Bonchev–Trinajstić information content (AvgIpc) is 3.69. The van der Waals surface area contributed by atoms with Gasteiger partial charge < -0.3 is 29.0 Å². The summed E-state index contributed by atoms with van der Waals surface area (Å²) in [4.78, 5) is 46.4. The fraction of sp³-hybridized carbons (Fsp3) is 0.441. The molecule has 270 valence electrons. The molecule has 0 radical (unpaired) electrons. The van der Waals surface area contributed by atoms with Gasteiger partial charge in [-0.2, -0.15) is 18.2 Å². The number of rotatable bonds is 11. The minimum Gasteiger partial charge on any atom is -0.497 e. The molecule has 4 aromatic rings. The molecule has 1 amide bonds. The number of amides is 1. The van der Waals surface area contributed by atoms with Crippen molar-refractivity contribution in [3.05, 3.63) is 59.4 Å². The lowest BCUT2D eigenvalue weighted by Gasteiger charge is -2.35. The minimum absolute atomic E-state index is 0.115. The molecule has 2 aliphatic rings. The summed E-state index contributed by atoms with van der Waals surface area (Å²) in [7, 11) is 3.14. The van der Waals surface area contributed by atoms with E-state index >= 15 is 0 Å². The van der Waals surface area contributed by atoms with Crippen LogP contribution in [0.15, 0.2) is 41.2 Å². The Morgan fingerprint density at radius 2 is 1.80 bits per heavy atom. The number of hydrogen-bond acceptors (Lipinski definition) is 13. The third kappa shape index (κ3) is 7.09. The zero-order chi connectivity index (χ0) is 36.5. The van der Waals surface area contributed by atoms with E-state index in [1.807, 2.05) is 26.0 Å². The smallest absolute Gasteiger partial charge is 0.471 e. The van der Waals surface area contributed by atoms with Crippen molar-refractivity contribution >= 4 is 29.2 Å². The molecule has 6 rings (SSSR count). The highest BCUT2D eigenvalue weighted by Crippen LogP contribution is 2.47. The molecule has 51 heavy (non-hydrogen) atoms. The third-order valence-corrected chi connectivity index (χ3v) is 9.02. The van der Waals surface area contributed by atoms with Crippen molar-refractivity contribution in [1.82, 2.24) is 25.1 Å². The van der Waals surface area contributed by atoms with Gasteiger partial charge in [0.2, 0.25) is 11.7 Å². The first kappa shape index (κ1) is 35.3. The van der Waals surface area contributed by atoms with Crippen molar-refractivity contribution in [2.24, 2.45) is 0 Å². The SMILES string of the molecule is COc1ccc(CN2C(=O)C(C)(C)c3c(N4CCC(c5nc(-c6noc(C(F)(F)F)n6)ccc5NCCOC(C)=O)CC4)ncnc32)c(OC)c1. The number of nitrogens with one attached hydrogen (secondary N) is 1. The molecule has 5 heterocycles. The van der Waals surface area contributed by atoms with Crippen LogP contribution < -0.4 is 24.6 Å². The molecular weight excluding hydrogens is 673 g/mol. The van der Waals surface area contributed by atoms with Gasteiger partial charge in [-0.1, -0.05) is 5.16 Å². The Bertz CT molecular complexity index is 1930. The molecule has 1 saturated heterocycles. The van der Waals surface area contributed by atoms with Gasteiger partial charge in [0.15, 0.2) is 0 Å². The Morgan fingerprint density at radius 1 is 1.06 bits per heavy atom. The van der Waals surface area contributed by atoms with Crippen molar-refractivity contribution < 1.29 is 41.5 Å². The number of piperidine rings is 1. The summed E-state index contributed by atoms with van der Waals surface area (Å²) >= 11 is 0. The fourth-order valence-electron chi connectivity index (χ4n) is 6.46. The van der Waals surface area contributed by atoms with Crippen molar-refractivity contribution in [2.75, 3.05) is 55.6 Å². The quantitative estimate of drug-likeness (QED) is 0.161. The standard InChI is InChI=1S/C34H37F3N8O6/c1-19(46)50-15-12-38-23-8-9-24(28-42-31(51-43-28)34(35,36)37)41-27(23)20-10-13-44(14-11-20)29-26-30(40-18-39-29)45(32(47)33(26,2)3)17-21-6-7-22(48-4)16-25(21)49-5/h6-9,16,18,20,38H,10-15,17H2,1-5H3. The number of carbonyl (C=O) groups excluding carboxylic acids is 2. The van der Waals surface area contributed by atoms with Crippen LogP contribution in [0.5, 0.6) is 11.5 Å². The number of ether oxygens (including phenoxy) is 3. The van der Waals surface area contributed by atoms with E-state index in [4.69, 9.17) is 19.2 Å². The molecule has 17 heteroatoms. The van der Waals surface area contributed by atoms with Crippen LogP contribution in [0.1, 0.15) is 62.2 Å². The number of alkyl halides is 3. The maximum absolute atomic E-state index is 13.9. The Labute approximate surface area is 291 Å². The van der Waals surface area contributed by atoms with Gasteiger partial charge in [0.25, 0.3) is 0 Å². The molecule has 0 spiro atoms. The van der Waals surface area contributed by atoms with Gasteiger partial charge in [-0.3, -0.25) is 14.5 Å². The predicted octanol–water partition coefficient (Wildman–Crippen LogP) is 5.14. The van der Waals surface area contributed by atoms with Crippen molar-refractivity contribution in [3.8, 4) is 23.0 Å². The number of nitrogens with zero attached hydrogens (tertiary/aromatic N) is 7. The topological polar surface area (TPSA) is 158 Å². The number of methoxy groups -OCH3 is 2. The molecule has 0 unspecified atom stereocenters. The van der Waals surface area contributed by atoms with Gasteiger partial charge in [-0.05, 0) is 51.0 Å². The van der Waals surface area contributed by atoms with E-state index in [2.05, 4.69) is 34.8 Å². The van der Waals surface area contributed by atoms with E-state index in [1.54, 1.807) is 31.3 Å². The lowest BCUT2D eigenvalue weighted by Crippen LogP contribution is -2.38. The lowest BCUT2D eigenvalue weighted by atomic mass is 9.86. The highest BCUT2D eigenvalue weighted by molar-refractivity contribution is 6.08. The number of aromatic nitrogens is 5. The van der Waals surface area contributed by atoms with E-state index < -0.39 is 23.5 Å². The number of halogens is 3. The average molecular weight is 711 g/mol. The Hall–Kier alpha value is -5.48. The molecule has 0 atom stereocenters. The number of hydrogen-bond donors (Lipinski definition) is 1. The van der Waals surface area contributed by atoms with Crippen LogP contribution in [0.3, 0.4) is 0 Å². The molecule has 3 aromatic heterocycles. The first-order valence-electron chi connectivity index (χ1n) is 16.2. The van der Waals surface area contributed by atoms with Crippen molar-refractivity contribution in [1.29, 1.82) is 0 Å². The summed E-state index contributed by atoms with van der Waals surface area (Å²) in [5.74, 6) is 0.0155. The van der Waals surface area contributed by atoms with E-state index in [9.17, 15) is 22.8 Å². The van der Waals surface area contributed by atoms with E-state index in [-0.39, 0.29) is 36.5 Å². The van der Waals surface area contributed by atoms with Crippen molar-refractivity contribution in [3.63, 3.8) is 0 Å². The molecule has 14 nitrogen and oxygen atoms in total. The van der Waals surface area contributed by atoms with Crippen LogP contribution in [-0.2, 0) is 32.5 Å². The summed E-state index contributed by atoms with van der Waals surface area (Å²) in [5.41, 5.74) is 1.97. The second-order valence-electron chi connectivity index (χ2n) is 12.7. The zero-order valence-corrected chi connectivity index (χ0v) is 28.7. The molecule has 0 aliphatic carbocycles. The van der Waals surface area contributed by atoms with Gasteiger partial charge >= 0.3 is 18.0 Å². The van der Waals surface area contributed by atoms with Crippen molar-refractivity contribution in [2.45, 2.75) is 57.7 Å². The van der Waals surface area contributed by atoms with E-state index in [0.717, 1.165) is 11.1 Å². The van der Waals surface area contributed by atoms with E-state index in [1.165, 1.54) is 19.3 Å². The van der Waals surface area contributed by atoms with Crippen LogP contribution in [-0.4, -0.2) is 77.4 Å². The molecule has 2 aliphatic heterocycles. The first-order valence-corrected chi connectivity index (χ1v) is 16.2. The van der Waals surface area contributed by atoms with Gasteiger partial charge in [0.05, 0.1) is 43.1 Å². The summed E-state index contributed by atoms with van der Waals surface area (Å²) in [5, 5.41) is 6.73. The third-order valence-electron chi connectivity index (χ3n) is 9.02. The summed E-state index contributed by atoms with van der Waals surface area (Å²) in [6.07, 6.45) is -2.12. The molecule has 1 aromatic carbocycles. The molecular formula is C34H37F3N8O6. The fourth-order valence-corrected chi connectivity index (χ4v) is 6.46. The molecule has 0 bridgehead atoms. The maximum Gasteiger partial charge on any atom is 0.471 e. The van der Waals surface area contributed by atoms with Crippen LogP contribution in [0.4, 0.5) is 30.5 Å². The van der Waals surface area contributed by atoms with Gasteiger partial charge in [-0.25, -0.2) is 15.0 Å². The first-order chi connectivity index (χ1) is 24.3. The highest BCUT2D eigenvalue weighted by atomic mass is 19.4. The van der Waals surface area contributed by atoms with Gasteiger partial charge in [-0.15, -0.1) is 0 Å². The molecule has 1 N–H and O–H groups in total. The second-order valence-corrected chi connectivity index (χ2v) is 12.7. The summed E-state index contributed by atoms with van der Waals surface area (Å²) < 4.78 is 59.9. The maximum atomic E-state index is 13.9. The monoisotopic (exact) mass is 710 g/mol. The number of benzene rings is 1. The van der Waals surface area contributed by atoms with Gasteiger partial charge in [0, 0.05) is 44.1 Å². The largest absolute Gasteiger partial charge is 0.497 e. The number of anilines is 3. The highest BCUT2D eigenvalue weighted by Gasteiger charge is 2.48. The number of esters is 1. The Kier molecular flexibility index (Phi) is 9.73. The summed E-state index contributed by atoms with van der Waals surface area (Å²) in [6.45, 7) is 6.78. The number of pyridine rings is 1. The Morgan fingerprint density at radius 3 is 2.47 bits per heavy atom. The van der Waals surface area contributed by atoms with Crippen LogP contribution >= 0.6 is 0 Å². The van der Waals surface area contributed by atoms with Crippen LogP contribution in [0.2, 0.25) is 0 Å². The van der Waals surface area contributed by atoms with Gasteiger partial charge in [0.1, 0.15) is 41.8 Å². The number of carbonyl (C=O) groups is 2. The molecule has 0 saturated carbocycles. The Balaban J connectivity index is 1.25. The summed E-state index contributed by atoms with van der Waals surface area (Å²) in [6, 6.07) is 8.64. The normalized spacial score (nSPS) is 15.9. The van der Waals surface area contributed by atoms with Crippen LogP contribution in [0, 0.1) is 0 Å². The molecule has 1 fully saturated rings. The van der Waals surface area contributed by atoms with E-state index in [0.29, 0.717) is 67.0 Å².